The molecular weight excluding hydrogens is 441 g/mol. The molecule has 0 N–H and O–H groups in total. The van der Waals surface area contributed by atoms with Crippen molar-refractivity contribution >= 4 is 58.0 Å². The van der Waals surface area contributed by atoms with E-state index in [1.165, 1.54) is 0 Å². The summed E-state index contributed by atoms with van der Waals surface area (Å²) in [5.41, 5.74) is 3.30. The molecular formula is C26H23Cl2N3O. The van der Waals surface area contributed by atoms with E-state index in [1.807, 2.05) is 90.1 Å². The molecule has 0 atom stereocenters. The van der Waals surface area contributed by atoms with Gasteiger partial charge in [0.25, 0.3) is 0 Å². The van der Waals surface area contributed by atoms with Crippen molar-refractivity contribution in [3.8, 4) is 0 Å². The highest BCUT2D eigenvalue weighted by Crippen LogP contribution is 2.27. The van der Waals surface area contributed by atoms with Crippen molar-refractivity contribution in [1.82, 2.24) is 9.55 Å². The van der Waals surface area contributed by atoms with Crippen LogP contribution in [0.1, 0.15) is 25.2 Å². The van der Waals surface area contributed by atoms with Crippen molar-refractivity contribution in [1.29, 1.82) is 0 Å². The van der Waals surface area contributed by atoms with Crippen molar-refractivity contribution in [2.24, 2.45) is 0 Å². The minimum absolute atomic E-state index is 0.0141. The molecule has 0 radical (unpaired) electrons. The molecule has 1 amide bonds. The number of hydrogen-bond acceptors (Lipinski definition) is 2. The summed E-state index contributed by atoms with van der Waals surface area (Å²) < 4.78 is 1.93. The van der Waals surface area contributed by atoms with Gasteiger partial charge in [-0.1, -0.05) is 59.6 Å². The Morgan fingerprint density at radius 3 is 2.28 bits per heavy atom. The largest absolute Gasteiger partial charge is 0.315 e. The van der Waals surface area contributed by atoms with Crippen LogP contribution in [0.4, 0.5) is 5.69 Å². The lowest BCUT2D eigenvalue weighted by Crippen LogP contribution is -2.39. The second-order valence-electron chi connectivity index (χ2n) is 7.71. The summed E-state index contributed by atoms with van der Waals surface area (Å²) in [6, 6.07) is 22.9. The molecule has 0 saturated carbocycles. The lowest BCUT2D eigenvalue weighted by Gasteiger charge is -2.27. The van der Waals surface area contributed by atoms with E-state index in [0.29, 0.717) is 21.4 Å². The highest BCUT2D eigenvalue weighted by Gasteiger charge is 2.21. The van der Waals surface area contributed by atoms with Crippen LogP contribution in [0.25, 0.3) is 23.2 Å². The van der Waals surface area contributed by atoms with Gasteiger partial charge in [-0.3, -0.25) is 4.79 Å². The number of imidazole rings is 1. The fourth-order valence-corrected chi connectivity index (χ4v) is 4.27. The van der Waals surface area contributed by atoms with Crippen LogP contribution in [0.15, 0.2) is 72.8 Å². The van der Waals surface area contributed by atoms with Crippen molar-refractivity contribution in [3.05, 3.63) is 94.2 Å². The van der Waals surface area contributed by atoms with Gasteiger partial charge in [0.05, 0.1) is 11.0 Å². The van der Waals surface area contributed by atoms with Gasteiger partial charge in [0.1, 0.15) is 12.4 Å². The van der Waals surface area contributed by atoms with Crippen LogP contribution in [-0.2, 0) is 11.3 Å². The molecule has 0 saturated heterocycles. The van der Waals surface area contributed by atoms with E-state index in [9.17, 15) is 4.79 Å². The number of hydrogen-bond donors (Lipinski definition) is 0. The number of amides is 1. The second kappa shape index (κ2) is 9.60. The van der Waals surface area contributed by atoms with Crippen LogP contribution in [-0.4, -0.2) is 21.5 Å². The zero-order valence-corrected chi connectivity index (χ0v) is 19.4. The lowest BCUT2D eigenvalue weighted by atomic mass is 10.2. The Hall–Kier alpha value is -3.08. The standard InChI is InChI=1S/C26H23Cl2N3O/c1-18(2)31(19-9-4-3-5-10-19)26(32)17-30-24-14-7-6-13-23(24)29-25(30)16-15-20-21(27)11-8-12-22(20)28/h3-16,18H,17H2,1-2H3/b16-15+. The number of anilines is 1. The van der Waals surface area contributed by atoms with Gasteiger partial charge < -0.3 is 9.47 Å². The second-order valence-corrected chi connectivity index (χ2v) is 8.52. The van der Waals surface area contributed by atoms with Crippen LogP contribution in [0.3, 0.4) is 0 Å². The molecule has 0 aliphatic carbocycles. The zero-order chi connectivity index (χ0) is 22.7. The molecule has 3 aromatic carbocycles. The summed E-state index contributed by atoms with van der Waals surface area (Å²) >= 11 is 12.6. The molecule has 1 heterocycles. The van der Waals surface area contributed by atoms with Gasteiger partial charge in [-0.25, -0.2) is 4.98 Å². The van der Waals surface area contributed by atoms with Crippen LogP contribution < -0.4 is 4.90 Å². The molecule has 6 heteroatoms. The monoisotopic (exact) mass is 463 g/mol. The number of carbonyl (C=O) groups is 1. The summed E-state index contributed by atoms with van der Waals surface area (Å²) in [5, 5.41) is 1.12. The summed E-state index contributed by atoms with van der Waals surface area (Å²) in [5.74, 6) is 0.645. The van der Waals surface area contributed by atoms with Crippen molar-refractivity contribution < 1.29 is 4.79 Å². The summed E-state index contributed by atoms with van der Waals surface area (Å²) in [6.07, 6.45) is 3.69. The van der Waals surface area contributed by atoms with E-state index in [4.69, 9.17) is 28.2 Å². The summed E-state index contributed by atoms with van der Waals surface area (Å²) in [7, 11) is 0. The number of benzene rings is 3. The van der Waals surface area contributed by atoms with E-state index < -0.39 is 0 Å². The molecule has 0 bridgehead atoms. The predicted molar refractivity (Wildman–Crippen MR) is 134 cm³/mol. The average molecular weight is 464 g/mol. The molecule has 0 fully saturated rings. The molecule has 1 aromatic heterocycles. The normalized spacial score (nSPS) is 11.5. The quantitative estimate of drug-likeness (QED) is 0.310. The fraction of sp³-hybridized carbons (Fsp3) is 0.154. The number of halogens is 2. The minimum atomic E-state index is -0.0141. The third kappa shape index (κ3) is 4.57. The van der Waals surface area contributed by atoms with Crippen LogP contribution >= 0.6 is 23.2 Å². The van der Waals surface area contributed by atoms with Crippen LogP contribution in [0, 0.1) is 0 Å². The van der Waals surface area contributed by atoms with Crippen LogP contribution in [0.5, 0.6) is 0 Å². The number of aromatic nitrogens is 2. The number of para-hydroxylation sites is 3. The summed E-state index contributed by atoms with van der Waals surface area (Å²) in [6.45, 7) is 4.18. The van der Waals surface area contributed by atoms with E-state index in [-0.39, 0.29) is 18.5 Å². The fourth-order valence-electron chi connectivity index (χ4n) is 3.75. The molecule has 4 rings (SSSR count). The maximum Gasteiger partial charge on any atom is 0.247 e. The van der Waals surface area contributed by atoms with Gasteiger partial charge in [0, 0.05) is 27.3 Å². The van der Waals surface area contributed by atoms with Gasteiger partial charge in [-0.05, 0) is 62.4 Å². The lowest BCUT2D eigenvalue weighted by molar-refractivity contribution is -0.119. The van der Waals surface area contributed by atoms with E-state index >= 15 is 0 Å². The Labute approximate surface area is 197 Å². The maximum absolute atomic E-state index is 13.4. The van der Waals surface area contributed by atoms with E-state index in [1.54, 1.807) is 18.2 Å². The number of carbonyl (C=O) groups excluding carboxylic acids is 1. The van der Waals surface area contributed by atoms with Gasteiger partial charge in [0.15, 0.2) is 0 Å². The Morgan fingerprint density at radius 1 is 0.938 bits per heavy atom. The molecule has 0 spiro atoms. The maximum atomic E-state index is 13.4. The minimum Gasteiger partial charge on any atom is -0.315 e. The van der Waals surface area contributed by atoms with Gasteiger partial charge >= 0.3 is 0 Å². The SMILES string of the molecule is CC(C)N(C(=O)Cn1c(/C=C/c2c(Cl)cccc2Cl)nc2ccccc21)c1ccccc1. The molecule has 0 unspecified atom stereocenters. The van der Waals surface area contributed by atoms with Crippen molar-refractivity contribution in [2.75, 3.05) is 4.90 Å². The highest BCUT2D eigenvalue weighted by atomic mass is 35.5. The zero-order valence-electron chi connectivity index (χ0n) is 17.9. The van der Waals surface area contributed by atoms with E-state index in [2.05, 4.69) is 0 Å². The van der Waals surface area contributed by atoms with Gasteiger partial charge in [-0.15, -0.1) is 0 Å². The molecule has 4 aromatic rings. The molecule has 0 aliphatic rings. The predicted octanol–water partition coefficient (Wildman–Crippen LogP) is 6.96. The number of rotatable bonds is 6. The first-order valence-electron chi connectivity index (χ1n) is 10.4. The van der Waals surface area contributed by atoms with Gasteiger partial charge in [0.2, 0.25) is 5.91 Å². The van der Waals surface area contributed by atoms with Crippen molar-refractivity contribution in [3.63, 3.8) is 0 Å². The number of fused-ring (bicyclic) bond motifs is 1. The van der Waals surface area contributed by atoms with Gasteiger partial charge in [-0.2, -0.15) is 0 Å². The summed E-state index contributed by atoms with van der Waals surface area (Å²) in [4.78, 5) is 20.0. The Bertz CT molecular complexity index is 1260. The molecule has 4 nitrogen and oxygen atoms in total. The smallest absolute Gasteiger partial charge is 0.247 e. The Morgan fingerprint density at radius 2 is 1.59 bits per heavy atom. The third-order valence-electron chi connectivity index (χ3n) is 5.20. The number of nitrogens with zero attached hydrogens (tertiary/aromatic N) is 3. The van der Waals surface area contributed by atoms with Crippen molar-refractivity contribution in [2.45, 2.75) is 26.4 Å². The topological polar surface area (TPSA) is 38.1 Å². The van der Waals surface area contributed by atoms with E-state index in [0.717, 1.165) is 16.7 Å². The Balaban J connectivity index is 1.73. The molecule has 32 heavy (non-hydrogen) atoms. The highest BCUT2D eigenvalue weighted by molar-refractivity contribution is 6.37. The Kier molecular flexibility index (Phi) is 6.63. The first-order valence-corrected chi connectivity index (χ1v) is 11.2. The first kappa shape index (κ1) is 22.1. The van der Waals surface area contributed by atoms with Crippen LogP contribution in [0.2, 0.25) is 10.0 Å². The first-order chi connectivity index (χ1) is 15.5. The molecule has 0 aliphatic heterocycles. The molecule has 162 valence electrons. The third-order valence-corrected chi connectivity index (χ3v) is 5.85. The average Bonchev–Trinajstić information content (AvgIpc) is 3.11.